The number of allylic oxidation sites excluding steroid dienone is 4. The molecule has 0 aromatic rings. The highest BCUT2D eigenvalue weighted by molar-refractivity contribution is 5.70. The van der Waals surface area contributed by atoms with Gasteiger partial charge >= 0.3 is 11.9 Å². The SMILES string of the molecule is CCCCCCCC/C=C/CCCCCCCC(=O)OCC(CCCCCCCCCCCCCC)OC(=O)CCCCCCC/C=C/CCCCCCCC. The Balaban J connectivity index is 4.22. The van der Waals surface area contributed by atoms with Crippen molar-refractivity contribution in [2.24, 2.45) is 0 Å². The highest BCUT2D eigenvalue weighted by Gasteiger charge is 2.17. The van der Waals surface area contributed by atoms with Crippen LogP contribution in [0, 0.1) is 0 Å². The molecule has 0 fully saturated rings. The first kappa shape index (κ1) is 54.4. The van der Waals surface area contributed by atoms with Crippen LogP contribution in [0.3, 0.4) is 0 Å². The predicted octanol–water partition coefficient (Wildman–Crippen LogP) is 17.6. The quantitative estimate of drug-likeness (QED) is 0.0350. The maximum Gasteiger partial charge on any atom is 0.306 e. The largest absolute Gasteiger partial charge is 0.462 e. The first-order valence-corrected chi connectivity index (χ1v) is 25.3. The Morgan fingerprint density at radius 3 is 1.00 bits per heavy atom. The molecule has 0 rings (SSSR count). The van der Waals surface area contributed by atoms with E-state index in [0.717, 1.165) is 44.9 Å². The number of hydrogen-bond donors (Lipinski definition) is 0. The zero-order chi connectivity index (χ0) is 40.7. The minimum absolute atomic E-state index is 0.125. The van der Waals surface area contributed by atoms with Crippen molar-refractivity contribution < 1.29 is 19.1 Å². The van der Waals surface area contributed by atoms with Crippen molar-refractivity contribution in [2.75, 3.05) is 6.61 Å². The highest BCUT2D eigenvalue weighted by atomic mass is 16.6. The maximum atomic E-state index is 12.8. The minimum Gasteiger partial charge on any atom is -0.462 e. The summed E-state index contributed by atoms with van der Waals surface area (Å²) in [5, 5.41) is 0. The molecule has 0 radical (unpaired) electrons. The Kier molecular flexibility index (Phi) is 46.4. The van der Waals surface area contributed by atoms with Crippen molar-refractivity contribution in [3.63, 3.8) is 0 Å². The van der Waals surface area contributed by atoms with Gasteiger partial charge in [-0.05, 0) is 77.0 Å². The summed E-state index contributed by atoms with van der Waals surface area (Å²) in [6.45, 7) is 7.03. The van der Waals surface area contributed by atoms with Crippen LogP contribution in [0.25, 0.3) is 0 Å². The van der Waals surface area contributed by atoms with Crippen LogP contribution in [0.1, 0.15) is 284 Å². The van der Waals surface area contributed by atoms with Crippen LogP contribution in [0.4, 0.5) is 0 Å². The fourth-order valence-electron chi connectivity index (χ4n) is 7.57. The number of hydrogen-bond acceptors (Lipinski definition) is 4. The average molecular weight is 787 g/mol. The molecule has 56 heavy (non-hydrogen) atoms. The molecule has 0 saturated heterocycles. The molecule has 4 heteroatoms. The first-order chi connectivity index (χ1) is 27.6. The molecule has 0 aliphatic carbocycles. The lowest BCUT2D eigenvalue weighted by Gasteiger charge is -2.18. The predicted molar refractivity (Wildman–Crippen MR) is 245 cm³/mol. The van der Waals surface area contributed by atoms with Crippen molar-refractivity contribution in [3.05, 3.63) is 24.3 Å². The molecule has 0 amide bonds. The molecule has 0 heterocycles. The van der Waals surface area contributed by atoms with E-state index in [-0.39, 0.29) is 24.6 Å². The summed E-state index contributed by atoms with van der Waals surface area (Å²) in [5.74, 6) is -0.268. The van der Waals surface area contributed by atoms with E-state index in [2.05, 4.69) is 45.1 Å². The fourth-order valence-corrected chi connectivity index (χ4v) is 7.57. The van der Waals surface area contributed by atoms with Crippen LogP contribution in [0.2, 0.25) is 0 Å². The second kappa shape index (κ2) is 47.8. The Morgan fingerprint density at radius 2 is 0.643 bits per heavy atom. The van der Waals surface area contributed by atoms with Crippen LogP contribution in [0.15, 0.2) is 24.3 Å². The number of unbranched alkanes of at least 4 members (excludes halogenated alkanes) is 33. The van der Waals surface area contributed by atoms with E-state index < -0.39 is 0 Å². The number of esters is 2. The van der Waals surface area contributed by atoms with Gasteiger partial charge in [-0.25, -0.2) is 0 Å². The fraction of sp³-hybridized carbons (Fsp3) is 0.885. The zero-order valence-corrected chi connectivity index (χ0v) is 38.2. The summed E-state index contributed by atoms with van der Waals surface area (Å²) in [4.78, 5) is 25.4. The van der Waals surface area contributed by atoms with Crippen LogP contribution in [-0.4, -0.2) is 24.6 Å². The van der Waals surface area contributed by atoms with Gasteiger partial charge in [0.25, 0.3) is 0 Å². The van der Waals surface area contributed by atoms with Gasteiger partial charge in [-0.3, -0.25) is 9.59 Å². The molecule has 1 unspecified atom stereocenters. The van der Waals surface area contributed by atoms with Crippen LogP contribution >= 0.6 is 0 Å². The lowest BCUT2D eigenvalue weighted by atomic mass is 10.0. The molecule has 0 aromatic heterocycles. The van der Waals surface area contributed by atoms with Crippen molar-refractivity contribution in [1.82, 2.24) is 0 Å². The van der Waals surface area contributed by atoms with Gasteiger partial charge in [-0.1, -0.05) is 218 Å². The number of carbonyl (C=O) groups is 2. The molecule has 4 nitrogen and oxygen atoms in total. The zero-order valence-electron chi connectivity index (χ0n) is 38.2. The summed E-state index contributed by atoms with van der Waals surface area (Å²) < 4.78 is 11.6. The van der Waals surface area contributed by atoms with Crippen molar-refractivity contribution >= 4 is 11.9 Å². The highest BCUT2D eigenvalue weighted by Crippen LogP contribution is 2.17. The standard InChI is InChI=1S/C52H98O4/c1-4-7-10-13-16-19-22-25-27-29-32-35-38-41-44-47-51(53)55-49-50(46-43-40-37-34-31-24-21-18-15-12-9-6-3)56-52(54)48-45-42-39-36-33-30-28-26-23-20-17-14-11-8-5-2/h25-28,50H,4-24,29-49H2,1-3H3/b27-25+,28-26+. The van der Waals surface area contributed by atoms with E-state index in [1.54, 1.807) is 0 Å². The maximum absolute atomic E-state index is 12.8. The average Bonchev–Trinajstić information content (AvgIpc) is 3.20. The van der Waals surface area contributed by atoms with Crippen molar-refractivity contribution in [1.29, 1.82) is 0 Å². The Hall–Kier alpha value is -1.58. The molecule has 0 aliphatic rings. The Morgan fingerprint density at radius 1 is 0.357 bits per heavy atom. The summed E-state index contributed by atoms with van der Waals surface area (Å²) in [5.41, 5.74) is 0. The summed E-state index contributed by atoms with van der Waals surface area (Å²) in [6.07, 6.45) is 58.9. The van der Waals surface area contributed by atoms with Crippen molar-refractivity contribution in [3.8, 4) is 0 Å². The molecule has 330 valence electrons. The van der Waals surface area contributed by atoms with Crippen molar-refractivity contribution in [2.45, 2.75) is 290 Å². The molecule has 0 aromatic carbocycles. The van der Waals surface area contributed by atoms with Gasteiger partial charge in [-0.2, -0.15) is 0 Å². The third kappa shape index (κ3) is 45.1. The van der Waals surface area contributed by atoms with Crippen LogP contribution in [0.5, 0.6) is 0 Å². The summed E-state index contributed by atoms with van der Waals surface area (Å²) in [7, 11) is 0. The number of carbonyl (C=O) groups excluding carboxylic acids is 2. The molecular formula is C52H98O4. The molecular weight excluding hydrogens is 689 g/mol. The lowest BCUT2D eigenvalue weighted by molar-refractivity contribution is -0.159. The smallest absolute Gasteiger partial charge is 0.306 e. The Bertz CT molecular complexity index is 848. The van der Waals surface area contributed by atoms with Gasteiger partial charge in [0.2, 0.25) is 0 Å². The van der Waals surface area contributed by atoms with Gasteiger partial charge < -0.3 is 9.47 Å². The molecule has 0 aliphatic heterocycles. The van der Waals surface area contributed by atoms with E-state index in [4.69, 9.17) is 9.47 Å². The topological polar surface area (TPSA) is 52.6 Å². The van der Waals surface area contributed by atoms with E-state index in [1.807, 2.05) is 0 Å². The van der Waals surface area contributed by atoms with Gasteiger partial charge in [-0.15, -0.1) is 0 Å². The third-order valence-corrected chi connectivity index (χ3v) is 11.4. The van der Waals surface area contributed by atoms with E-state index >= 15 is 0 Å². The molecule has 0 bridgehead atoms. The third-order valence-electron chi connectivity index (χ3n) is 11.4. The first-order valence-electron chi connectivity index (χ1n) is 25.3. The Labute approximate surface area is 351 Å². The van der Waals surface area contributed by atoms with Gasteiger partial charge in [0, 0.05) is 12.8 Å². The number of ether oxygens (including phenoxy) is 2. The van der Waals surface area contributed by atoms with Gasteiger partial charge in [0.15, 0.2) is 0 Å². The van der Waals surface area contributed by atoms with E-state index in [9.17, 15) is 9.59 Å². The van der Waals surface area contributed by atoms with E-state index in [0.29, 0.717) is 12.8 Å². The van der Waals surface area contributed by atoms with Gasteiger partial charge in [0.1, 0.15) is 12.7 Å². The minimum atomic E-state index is -0.313. The van der Waals surface area contributed by atoms with Gasteiger partial charge in [0.05, 0.1) is 0 Å². The normalized spacial score (nSPS) is 12.3. The second-order valence-corrected chi connectivity index (χ2v) is 17.1. The van der Waals surface area contributed by atoms with Crippen LogP contribution < -0.4 is 0 Å². The molecule has 0 N–H and O–H groups in total. The second-order valence-electron chi connectivity index (χ2n) is 17.1. The lowest BCUT2D eigenvalue weighted by Crippen LogP contribution is -2.25. The molecule has 0 saturated carbocycles. The number of rotatable bonds is 46. The summed E-state index contributed by atoms with van der Waals surface area (Å²) in [6, 6.07) is 0. The monoisotopic (exact) mass is 787 g/mol. The summed E-state index contributed by atoms with van der Waals surface area (Å²) >= 11 is 0. The van der Waals surface area contributed by atoms with E-state index in [1.165, 1.54) is 205 Å². The van der Waals surface area contributed by atoms with Crippen LogP contribution in [-0.2, 0) is 19.1 Å². The molecule has 1 atom stereocenters. The molecule has 0 spiro atoms.